The largest absolute Gasteiger partial charge is 0.320 e. The molecule has 3 aromatic rings. The van der Waals surface area contributed by atoms with Gasteiger partial charge >= 0.3 is 0 Å². The van der Waals surface area contributed by atoms with Gasteiger partial charge in [-0.05, 0) is 36.8 Å². The quantitative estimate of drug-likeness (QED) is 0.713. The number of carbonyl (C=O) groups excluding carboxylic acids is 1. The van der Waals surface area contributed by atoms with Crippen LogP contribution >= 0.6 is 11.8 Å². The summed E-state index contributed by atoms with van der Waals surface area (Å²) in [6, 6.07) is 22.0. The van der Waals surface area contributed by atoms with Gasteiger partial charge in [-0.3, -0.25) is 4.79 Å². The number of benzene rings is 2. The van der Waals surface area contributed by atoms with Crippen molar-refractivity contribution in [2.75, 3.05) is 5.32 Å². The molecule has 1 heterocycles. The van der Waals surface area contributed by atoms with Crippen LogP contribution in [-0.2, 0) is 11.3 Å². The van der Waals surface area contributed by atoms with Crippen LogP contribution in [-0.4, -0.2) is 5.91 Å². The van der Waals surface area contributed by atoms with E-state index in [1.807, 2.05) is 78.5 Å². The first kappa shape index (κ1) is 16.3. The van der Waals surface area contributed by atoms with Crippen LogP contribution in [0.3, 0.4) is 0 Å². The maximum absolute atomic E-state index is 12.3. The highest BCUT2D eigenvalue weighted by molar-refractivity contribution is 7.99. The molecule has 3 rings (SSSR count). The maximum atomic E-state index is 12.3. The Morgan fingerprint density at radius 2 is 1.62 bits per heavy atom. The summed E-state index contributed by atoms with van der Waals surface area (Å²) in [4.78, 5) is 14.5. The van der Waals surface area contributed by atoms with Gasteiger partial charge in [0.1, 0.15) is 0 Å². The van der Waals surface area contributed by atoms with E-state index in [1.165, 1.54) is 5.56 Å². The van der Waals surface area contributed by atoms with E-state index >= 15 is 0 Å². The van der Waals surface area contributed by atoms with Gasteiger partial charge in [-0.1, -0.05) is 42.1 Å². The van der Waals surface area contributed by atoms with E-state index in [2.05, 4.69) is 17.4 Å². The highest BCUT2D eigenvalue weighted by Crippen LogP contribution is 2.33. The second-order valence-corrected chi connectivity index (χ2v) is 6.62. The van der Waals surface area contributed by atoms with Crippen LogP contribution < -0.4 is 9.88 Å². The van der Waals surface area contributed by atoms with Gasteiger partial charge in [0.05, 0.1) is 5.69 Å². The fraction of sp³-hybridized carbons (Fsp3) is 0.100. The van der Waals surface area contributed by atoms with Gasteiger partial charge in [0.15, 0.2) is 12.4 Å². The molecule has 1 aromatic heterocycles. The van der Waals surface area contributed by atoms with E-state index in [0.717, 1.165) is 15.5 Å². The van der Waals surface area contributed by atoms with Gasteiger partial charge in [-0.2, -0.15) is 4.57 Å². The van der Waals surface area contributed by atoms with E-state index in [4.69, 9.17) is 0 Å². The number of rotatable bonds is 5. The molecule has 0 fully saturated rings. The Hall–Kier alpha value is -2.59. The van der Waals surface area contributed by atoms with Crippen molar-refractivity contribution in [2.45, 2.75) is 23.3 Å². The minimum atomic E-state index is -0.0371. The van der Waals surface area contributed by atoms with Crippen LogP contribution in [0.2, 0.25) is 0 Å². The van der Waals surface area contributed by atoms with Crippen LogP contribution in [0.25, 0.3) is 0 Å². The zero-order valence-corrected chi connectivity index (χ0v) is 14.3. The van der Waals surface area contributed by atoms with E-state index in [9.17, 15) is 4.79 Å². The van der Waals surface area contributed by atoms with Gasteiger partial charge < -0.3 is 5.32 Å². The molecular weight excluding hydrogens is 316 g/mol. The number of aryl methyl sites for hydroxylation is 1. The number of aromatic nitrogens is 1. The van der Waals surface area contributed by atoms with Crippen LogP contribution in [0.1, 0.15) is 5.56 Å². The zero-order chi connectivity index (χ0) is 16.8. The third kappa shape index (κ3) is 4.46. The van der Waals surface area contributed by atoms with Crippen molar-refractivity contribution in [1.29, 1.82) is 0 Å². The van der Waals surface area contributed by atoms with E-state index in [0.29, 0.717) is 6.54 Å². The predicted molar refractivity (Wildman–Crippen MR) is 97.0 cm³/mol. The lowest BCUT2D eigenvalue weighted by atomic mass is 10.3. The maximum Gasteiger partial charge on any atom is 0.290 e. The van der Waals surface area contributed by atoms with Crippen LogP contribution in [0.4, 0.5) is 5.69 Å². The van der Waals surface area contributed by atoms with Crippen molar-refractivity contribution in [3.05, 3.63) is 84.7 Å². The number of hydrogen-bond acceptors (Lipinski definition) is 2. The van der Waals surface area contributed by atoms with Crippen molar-refractivity contribution >= 4 is 23.4 Å². The van der Waals surface area contributed by atoms with E-state index < -0.39 is 0 Å². The summed E-state index contributed by atoms with van der Waals surface area (Å²) in [5.74, 6) is -0.0371. The number of carbonyl (C=O) groups is 1. The number of anilines is 1. The predicted octanol–water partition coefficient (Wildman–Crippen LogP) is 4.07. The summed E-state index contributed by atoms with van der Waals surface area (Å²) in [5.41, 5.74) is 2.01. The van der Waals surface area contributed by atoms with Crippen molar-refractivity contribution in [2.24, 2.45) is 0 Å². The zero-order valence-electron chi connectivity index (χ0n) is 13.5. The molecule has 0 spiro atoms. The van der Waals surface area contributed by atoms with Gasteiger partial charge in [0, 0.05) is 21.9 Å². The summed E-state index contributed by atoms with van der Waals surface area (Å²) in [5, 5.41) is 3.01. The molecule has 0 aliphatic carbocycles. The topological polar surface area (TPSA) is 33.0 Å². The number of pyridine rings is 1. The standard InChI is InChI=1S/C20H18N2OS/c1-16-11-13-22(14-12-16)15-20(23)21-18-9-5-6-10-19(18)24-17-7-3-2-4-8-17/h2-14H,15H2,1H3/p+1. The van der Waals surface area contributed by atoms with Crippen molar-refractivity contribution in [1.82, 2.24) is 0 Å². The van der Waals surface area contributed by atoms with Crippen molar-refractivity contribution < 1.29 is 9.36 Å². The summed E-state index contributed by atoms with van der Waals surface area (Å²) < 4.78 is 1.87. The van der Waals surface area contributed by atoms with Crippen molar-refractivity contribution in [3.63, 3.8) is 0 Å². The molecule has 0 aliphatic rings. The molecule has 3 nitrogen and oxygen atoms in total. The van der Waals surface area contributed by atoms with Gasteiger partial charge in [0.2, 0.25) is 6.54 Å². The molecule has 0 aliphatic heterocycles. The Kier molecular flexibility index (Phi) is 5.29. The number of amides is 1. The van der Waals surface area contributed by atoms with Crippen LogP contribution in [0, 0.1) is 6.92 Å². The highest BCUT2D eigenvalue weighted by atomic mass is 32.2. The lowest BCUT2D eigenvalue weighted by molar-refractivity contribution is -0.684. The van der Waals surface area contributed by atoms with E-state index in [1.54, 1.807) is 11.8 Å². The number of nitrogens with one attached hydrogen (secondary N) is 1. The average molecular weight is 335 g/mol. The lowest BCUT2D eigenvalue weighted by Crippen LogP contribution is -2.39. The average Bonchev–Trinajstić information content (AvgIpc) is 2.60. The fourth-order valence-corrected chi connectivity index (χ4v) is 3.19. The first-order chi connectivity index (χ1) is 11.7. The fourth-order valence-electron chi connectivity index (χ4n) is 2.27. The normalized spacial score (nSPS) is 10.4. The van der Waals surface area contributed by atoms with Crippen LogP contribution in [0.15, 0.2) is 88.9 Å². The number of para-hydroxylation sites is 1. The molecule has 0 saturated carbocycles. The summed E-state index contributed by atoms with van der Waals surface area (Å²) in [7, 11) is 0. The molecule has 4 heteroatoms. The Labute approximate surface area is 146 Å². The Balaban J connectivity index is 1.70. The van der Waals surface area contributed by atoms with Crippen molar-refractivity contribution in [3.8, 4) is 0 Å². The molecule has 1 N–H and O–H groups in total. The molecular formula is C20H19N2OS+. The molecule has 120 valence electrons. The monoisotopic (exact) mass is 335 g/mol. The third-order valence-electron chi connectivity index (χ3n) is 3.52. The number of hydrogen-bond donors (Lipinski definition) is 1. The molecule has 0 saturated heterocycles. The minimum Gasteiger partial charge on any atom is -0.320 e. The highest BCUT2D eigenvalue weighted by Gasteiger charge is 2.12. The van der Waals surface area contributed by atoms with Gasteiger partial charge in [-0.15, -0.1) is 0 Å². The molecule has 1 amide bonds. The molecule has 0 radical (unpaired) electrons. The van der Waals surface area contributed by atoms with E-state index in [-0.39, 0.29) is 5.91 Å². The second kappa shape index (κ2) is 7.79. The lowest BCUT2D eigenvalue weighted by Gasteiger charge is -2.09. The van der Waals surface area contributed by atoms with Gasteiger partial charge in [0.25, 0.3) is 5.91 Å². The Morgan fingerprint density at radius 3 is 2.38 bits per heavy atom. The Bertz CT molecular complexity index is 817. The first-order valence-electron chi connectivity index (χ1n) is 7.78. The van der Waals surface area contributed by atoms with Crippen LogP contribution in [0.5, 0.6) is 0 Å². The third-order valence-corrected chi connectivity index (χ3v) is 4.60. The molecule has 2 aromatic carbocycles. The molecule has 0 atom stereocenters. The summed E-state index contributed by atoms with van der Waals surface area (Å²) in [6.45, 7) is 2.33. The van der Waals surface area contributed by atoms with Gasteiger partial charge in [-0.25, -0.2) is 0 Å². The molecule has 0 unspecified atom stereocenters. The molecule has 0 bridgehead atoms. The number of nitrogens with zero attached hydrogens (tertiary/aromatic N) is 1. The second-order valence-electron chi connectivity index (χ2n) is 5.51. The smallest absolute Gasteiger partial charge is 0.290 e. The Morgan fingerprint density at radius 1 is 0.958 bits per heavy atom. The first-order valence-corrected chi connectivity index (χ1v) is 8.60. The minimum absolute atomic E-state index is 0.0371. The molecule has 24 heavy (non-hydrogen) atoms. The summed E-state index contributed by atoms with van der Waals surface area (Å²) >= 11 is 1.64. The SMILES string of the molecule is Cc1cc[n+](CC(=O)Nc2ccccc2Sc2ccccc2)cc1. The summed E-state index contributed by atoms with van der Waals surface area (Å²) in [6.07, 6.45) is 3.83.